The maximum absolute atomic E-state index is 11.0. The summed E-state index contributed by atoms with van der Waals surface area (Å²) in [6.07, 6.45) is 0.849. The Bertz CT molecular complexity index is 426. The van der Waals surface area contributed by atoms with E-state index in [9.17, 15) is 9.90 Å². The molecule has 18 heavy (non-hydrogen) atoms. The SMILES string of the molecule is CCC(C)(CO)NCc1ccc(C(N)=O)cc1C. The highest BCUT2D eigenvalue weighted by Crippen LogP contribution is 2.14. The van der Waals surface area contributed by atoms with E-state index in [1.54, 1.807) is 12.1 Å². The quantitative estimate of drug-likeness (QED) is 0.713. The Morgan fingerprint density at radius 1 is 1.50 bits per heavy atom. The molecule has 0 fully saturated rings. The smallest absolute Gasteiger partial charge is 0.248 e. The molecule has 0 bridgehead atoms. The molecule has 1 unspecified atom stereocenters. The Labute approximate surface area is 108 Å². The van der Waals surface area contributed by atoms with Crippen molar-refractivity contribution in [2.24, 2.45) is 5.73 Å². The van der Waals surface area contributed by atoms with Crippen LogP contribution in [0.15, 0.2) is 18.2 Å². The van der Waals surface area contributed by atoms with Crippen LogP contribution in [0, 0.1) is 6.92 Å². The van der Waals surface area contributed by atoms with Gasteiger partial charge in [0, 0.05) is 17.6 Å². The van der Waals surface area contributed by atoms with Crippen LogP contribution in [0.4, 0.5) is 0 Å². The second-order valence-corrected chi connectivity index (χ2v) is 4.93. The van der Waals surface area contributed by atoms with Crippen molar-refractivity contribution in [3.63, 3.8) is 0 Å². The van der Waals surface area contributed by atoms with Crippen LogP contribution in [0.3, 0.4) is 0 Å². The highest BCUT2D eigenvalue weighted by Gasteiger charge is 2.19. The van der Waals surface area contributed by atoms with Gasteiger partial charge < -0.3 is 16.2 Å². The zero-order valence-electron chi connectivity index (χ0n) is 11.3. The molecule has 0 aromatic heterocycles. The van der Waals surface area contributed by atoms with Crippen LogP contribution in [-0.2, 0) is 6.54 Å². The molecule has 0 saturated carbocycles. The number of nitrogens with one attached hydrogen (secondary N) is 1. The molecular weight excluding hydrogens is 228 g/mol. The molecule has 0 saturated heterocycles. The summed E-state index contributed by atoms with van der Waals surface area (Å²) in [5.74, 6) is -0.411. The van der Waals surface area contributed by atoms with Gasteiger partial charge in [0.25, 0.3) is 0 Å². The third-order valence-electron chi connectivity index (χ3n) is 3.46. The summed E-state index contributed by atoms with van der Waals surface area (Å²) in [5, 5.41) is 12.7. The zero-order valence-corrected chi connectivity index (χ0v) is 11.3. The van der Waals surface area contributed by atoms with Crippen LogP contribution in [-0.4, -0.2) is 23.2 Å². The van der Waals surface area contributed by atoms with E-state index in [-0.39, 0.29) is 12.1 Å². The van der Waals surface area contributed by atoms with E-state index in [1.165, 1.54) is 0 Å². The Kier molecular flexibility index (Phi) is 4.87. The van der Waals surface area contributed by atoms with Crippen LogP contribution in [0.5, 0.6) is 0 Å². The molecule has 0 heterocycles. The first-order valence-corrected chi connectivity index (χ1v) is 6.17. The molecule has 100 valence electrons. The van der Waals surface area contributed by atoms with Crippen molar-refractivity contribution in [1.82, 2.24) is 5.32 Å². The first-order chi connectivity index (χ1) is 8.41. The van der Waals surface area contributed by atoms with Crippen molar-refractivity contribution in [2.45, 2.75) is 39.3 Å². The van der Waals surface area contributed by atoms with Crippen molar-refractivity contribution in [2.75, 3.05) is 6.61 Å². The number of primary amides is 1. The molecule has 1 amide bonds. The molecule has 0 aliphatic carbocycles. The largest absolute Gasteiger partial charge is 0.394 e. The Morgan fingerprint density at radius 2 is 2.17 bits per heavy atom. The maximum Gasteiger partial charge on any atom is 0.248 e. The van der Waals surface area contributed by atoms with E-state index in [4.69, 9.17) is 5.73 Å². The zero-order chi connectivity index (χ0) is 13.8. The maximum atomic E-state index is 11.0. The molecule has 1 aromatic carbocycles. The number of carbonyl (C=O) groups excluding carboxylic acids is 1. The average Bonchev–Trinajstić information content (AvgIpc) is 2.36. The second-order valence-electron chi connectivity index (χ2n) is 4.93. The van der Waals surface area contributed by atoms with Gasteiger partial charge in [-0.25, -0.2) is 0 Å². The number of benzene rings is 1. The normalized spacial score (nSPS) is 14.2. The Balaban J connectivity index is 2.77. The van der Waals surface area contributed by atoms with Crippen molar-refractivity contribution in [3.05, 3.63) is 34.9 Å². The van der Waals surface area contributed by atoms with E-state index in [0.717, 1.165) is 17.5 Å². The standard InChI is InChI=1S/C14H22N2O2/c1-4-14(3,9-17)16-8-12-6-5-11(13(15)18)7-10(12)2/h5-7,16-17H,4,8-9H2,1-3H3,(H2,15,18). The number of carbonyl (C=O) groups is 1. The monoisotopic (exact) mass is 250 g/mol. The Morgan fingerprint density at radius 3 is 2.61 bits per heavy atom. The molecule has 1 rings (SSSR count). The molecule has 1 atom stereocenters. The first kappa shape index (κ1) is 14.7. The van der Waals surface area contributed by atoms with Crippen LogP contribution in [0.2, 0.25) is 0 Å². The van der Waals surface area contributed by atoms with Gasteiger partial charge in [0.1, 0.15) is 0 Å². The third kappa shape index (κ3) is 3.55. The van der Waals surface area contributed by atoms with Gasteiger partial charge in [0.05, 0.1) is 6.61 Å². The van der Waals surface area contributed by atoms with E-state index in [1.807, 2.05) is 26.8 Å². The van der Waals surface area contributed by atoms with Gasteiger partial charge >= 0.3 is 0 Å². The fourth-order valence-electron chi connectivity index (χ4n) is 1.65. The van der Waals surface area contributed by atoms with E-state index in [0.29, 0.717) is 12.1 Å². The van der Waals surface area contributed by atoms with E-state index < -0.39 is 5.91 Å². The molecular formula is C14H22N2O2. The molecule has 0 aliphatic rings. The highest BCUT2D eigenvalue weighted by atomic mass is 16.3. The van der Waals surface area contributed by atoms with Gasteiger partial charge in [-0.2, -0.15) is 0 Å². The number of nitrogens with two attached hydrogens (primary N) is 1. The molecule has 0 aliphatic heterocycles. The molecule has 0 spiro atoms. The number of aryl methyl sites for hydroxylation is 1. The van der Waals surface area contributed by atoms with Gasteiger partial charge in [0.15, 0.2) is 0 Å². The Hall–Kier alpha value is -1.39. The van der Waals surface area contributed by atoms with Gasteiger partial charge in [0.2, 0.25) is 5.91 Å². The van der Waals surface area contributed by atoms with Crippen LogP contribution in [0.25, 0.3) is 0 Å². The summed E-state index contributed by atoms with van der Waals surface area (Å²) in [6, 6.07) is 5.42. The predicted octanol–water partition coefficient (Wildman–Crippen LogP) is 1.34. The number of amides is 1. The minimum atomic E-state index is -0.411. The van der Waals surface area contributed by atoms with Gasteiger partial charge in [-0.05, 0) is 43.5 Å². The molecule has 4 nitrogen and oxygen atoms in total. The summed E-state index contributed by atoms with van der Waals surface area (Å²) >= 11 is 0. The lowest BCUT2D eigenvalue weighted by Crippen LogP contribution is -2.44. The van der Waals surface area contributed by atoms with Crippen molar-refractivity contribution >= 4 is 5.91 Å². The van der Waals surface area contributed by atoms with Crippen LogP contribution < -0.4 is 11.1 Å². The minimum absolute atomic E-state index is 0.0991. The topological polar surface area (TPSA) is 75.3 Å². The van der Waals surface area contributed by atoms with Gasteiger partial charge in [-0.1, -0.05) is 13.0 Å². The van der Waals surface area contributed by atoms with Crippen LogP contribution >= 0.6 is 0 Å². The summed E-state index contributed by atoms with van der Waals surface area (Å²) in [4.78, 5) is 11.0. The number of aliphatic hydroxyl groups is 1. The van der Waals surface area contributed by atoms with Crippen molar-refractivity contribution in [1.29, 1.82) is 0 Å². The lowest BCUT2D eigenvalue weighted by molar-refractivity contribution is 0.1000. The van der Waals surface area contributed by atoms with E-state index in [2.05, 4.69) is 5.32 Å². The third-order valence-corrected chi connectivity index (χ3v) is 3.46. The summed E-state index contributed by atoms with van der Waals surface area (Å²) in [5.41, 5.74) is 7.62. The summed E-state index contributed by atoms with van der Waals surface area (Å²) in [7, 11) is 0. The lowest BCUT2D eigenvalue weighted by atomic mass is 9.98. The van der Waals surface area contributed by atoms with Gasteiger partial charge in [-0.3, -0.25) is 4.79 Å². The van der Waals surface area contributed by atoms with Crippen LogP contribution in [0.1, 0.15) is 41.8 Å². The lowest BCUT2D eigenvalue weighted by Gasteiger charge is -2.27. The number of aliphatic hydroxyl groups excluding tert-OH is 1. The first-order valence-electron chi connectivity index (χ1n) is 6.17. The highest BCUT2D eigenvalue weighted by molar-refractivity contribution is 5.93. The average molecular weight is 250 g/mol. The number of rotatable bonds is 6. The van der Waals surface area contributed by atoms with Crippen molar-refractivity contribution in [3.8, 4) is 0 Å². The number of hydrogen-bond donors (Lipinski definition) is 3. The van der Waals surface area contributed by atoms with Gasteiger partial charge in [-0.15, -0.1) is 0 Å². The molecule has 4 N–H and O–H groups in total. The fourth-order valence-corrected chi connectivity index (χ4v) is 1.65. The predicted molar refractivity (Wildman–Crippen MR) is 72.3 cm³/mol. The fraction of sp³-hybridized carbons (Fsp3) is 0.500. The molecule has 4 heteroatoms. The van der Waals surface area contributed by atoms with Crippen molar-refractivity contribution < 1.29 is 9.90 Å². The summed E-state index contributed by atoms with van der Waals surface area (Å²) in [6.45, 7) is 6.73. The molecule has 1 aromatic rings. The summed E-state index contributed by atoms with van der Waals surface area (Å²) < 4.78 is 0. The second kappa shape index (κ2) is 5.98. The minimum Gasteiger partial charge on any atom is -0.394 e. The van der Waals surface area contributed by atoms with E-state index >= 15 is 0 Å². The molecule has 0 radical (unpaired) electrons. The number of hydrogen-bond acceptors (Lipinski definition) is 3.